The minimum absolute atomic E-state index is 0.123. The number of aromatic nitrogens is 3. The molecule has 0 radical (unpaired) electrons. The Morgan fingerprint density at radius 2 is 1.87 bits per heavy atom. The number of hydrogen-bond acceptors (Lipinski definition) is 7. The van der Waals surface area contributed by atoms with E-state index in [1.807, 2.05) is 22.9 Å². The van der Waals surface area contributed by atoms with E-state index in [4.69, 9.17) is 10.1 Å². The number of nitrogens with one attached hydrogen (secondary N) is 1. The SMILES string of the molecule is CCc1cc(-n2nc(-c3ccccc3)c3c2-c2sc(NC(C)=O)nc2CC3)ccc1C(O)N1CCN(C)CC1. The predicted molar refractivity (Wildman–Crippen MR) is 155 cm³/mol. The Hall–Kier alpha value is -3.37. The van der Waals surface area contributed by atoms with Crippen LogP contribution in [0.2, 0.25) is 0 Å². The maximum Gasteiger partial charge on any atom is 0.223 e. The first-order valence-corrected chi connectivity index (χ1v) is 14.4. The standard InChI is InChI=1S/C30H34N6O2S/c1-4-20-18-22(10-11-23(20)29(38)35-16-14-34(3)15-17-35)36-27-24(26(33-36)21-8-6-5-7-9-21)12-13-25-28(27)39-30(32-25)31-19(2)37/h5-11,18,29,38H,4,12-17H2,1-3H3,(H,31,32,37). The summed E-state index contributed by atoms with van der Waals surface area (Å²) in [4.78, 5) is 22.0. The minimum Gasteiger partial charge on any atom is -0.374 e. The zero-order valence-electron chi connectivity index (χ0n) is 22.6. The predicted octanol–water partition coefficient (Wildman–Crippen LogP) is 4.52. The van der Waals surface area contributed by atoms with Gasteiger partial charge >= 0.3 is 0 Å². The highest BCUT2D eigenvalue weighted by Gasteiger charge is 2.30. The summed E-state index contributed by atoms with van der Waals surface area (Å²) >= 11 is 1.51. The van der Waals surface area contributed by atoms with E-state index >= 15 is 0 Å². The number of rotatable bonds is 6. The number of anilines is 1. The number of nitrogens with zero attached hydrogens (tertiary/aromatic N) is 5. The number of hydrogen-bond donors (Lipinski definition) is 2. The van der Waals surface area contributed by atoms with E-state index in [1.54, 1.807) is 0 Å². The van der Waals surface area contributed by atoms with Gasteiger partial charge in [0, 0.05) is 44.2 Å². The maximum absolute atomic E-state index is 11.7. The lowest BCUT2D eigenvalue weighted by molar-refractivity contribution is -0.114. The van der Waals surface area contributed by atoms with Crippen molar-refractivity contribution in [3.8, 4) is 27.5 Å². The third-order valence-electron chi connectivity index (χ3n) is 7.75. The van der Waals surface area contributed by atoms with Crippen LogP contribution >= 0.6 is 11.3 Å². The second-order valence-electron chi connectivity index (χ2n) is 10.4. The molecule has 1 aliphatic heterocycles. The first-order chi connectivity index (χ1) is 18.9. The average molecular weight is 543 g/mol. The second kappa shape index (κ2) is 10.7. The third-order valence-corrected chi connectivity index (χ3v) is 8.77. The van der Waals surface area contributed by atoms with Crippen molar-refractivity contribution in [2.45, 2.75) is 39.3 Å². The lowest BCUT2D eigenvalue weighted by Gasteiger charge is -2.36. The Labute approximate surface area is 232 Å². The highest BCUT2D eigenvalue weighted by Crippen LogP contribution is 2.44. The Bertz CT molecular complexity index is 1500. The molecule has 1 aliphatic carbocycles. The molecule has 6 rings (SSSR count). The van der Waals surface area contributed by atoms with E-state index < -0.39 is 6.23 Å². The van der Waals surface area contributed by atoms with E-state index in [2.05, 4.69) is 59.4 Å². The molecule has 202 valence electrons. The van der Waals surface area contributed by atoms with Gasteiger partial charge in [-0.25, -0.2) is 9.67 Å². The van der Waals surface area contributed by atoms with Crippen molar-refractivity contribution >= 4 is 22.4 Å². The van der Waals surface area contributed by atoms with Gasteiger partial charge in [-0.3, -0.25) is 9.69 Å². The van der Waals surface area contributed by atoms with Crippen LogP contribution in [0.1, 0.15) is 42.5 Å². The van der Waals surface area contributed by atoms with E-state index in [-0.39, 0.29) is 5.91 Å². The summed E-state index contributed by atoms with van der Waals surface area (Å²) in [5, 5.41) is 20.0. The monoisotopic (exact) mass is 542 g/mol. The van der Waals surface area contributed by atoms with Crippen molar-refractivity contribution in [2.75, 3.05) is 38.5 Å². The Morgan fingerprint density at radius 1 is 1.10 bits per heavy atom. The number of aliphatic hydroxyl groups is 1. The summed E-state index contributed by atoms with van der Waals surface area (Å²) in [7, 11) is 2.12. The van der Waals surface area contributed by atoms with Gasteiger partial charge in [-0.2, -0.15) is 5.10 Å². The number of fused-ring (bicyclic) bond motifs is 3. The quantitative estimate of drug-likeness (QED) is 0.373. The summed E-state index contributed by atoms with van der Waals surface area (Å²) in [6.45, 7) is 7.25. The van der Waals surface area contributed by atoms with Crippen molar-refractivity contribution in [1.29, 1.82) is 0 Å². The molecular weight excluding hydrogens is 508 g/mol. The zero-order chi connectivity index (χ0) is 27.1. The van der Waals surface area contributed by atoms with E-state index in [9.17, 15) is 9.90 Å². The third kappa shape index (κ3) is 4.91. The molecule has 0 bridgehead atoms. The fourth-order valence-electron chi connectivity index (χ4n) is 5.63. The zero-order valence-corrected chi connectivity index (χ0v) is 23.5. The summed E-state index contributed by atoms with van der Waals surface area (Å²) in [5.41, 5.74) is 8.33. The number of aliphatic hydroxyl groups excluding tert-OH is 1. The summed E-state index contributed by atoms with van der Waals surface area (Å²) < 4.78 is 2.04. The highest BCUT2D eigenvalue weighted by molar-refractivity contribution is 7.19. The van der Waals surface area contributed by atoms with Crippen LogP contribution in [0, 0.1) is 0 Å². The Kier molecular flexibility index (Phi) is 7.07. The fourth-order valence-corrected chi connectivity index (χ4v) is 6.75. The smallest absolute Gasteiger partial charge is 0.223 e. The van der Waals surface area contributed by atoms with Crippen LogP contribution in [-0.4, -0.2) is 68.8 Å². The molecule has 2 aromatic carbocycles. The summed E-state index contributed by atoms with van der Waals surface area (Å²) in [6, 6.07) is 16.6. The molecule has 8 nitrogen and oxygen atoms in total. The number of piperazine rings is 1. The van der Waals surface area contributed by atoms with E-state index in [0.29, 0.717) is 5.13 Å². The molecule has 39 heavy (non-hydrogen) atoms. The van der Waals surface area contributed by atoms with E-state index in [0.717, 1.165) is 89.8 Å². The van der Waals surface area contributed by atoms with Gasteiger partial charge in [0.2, 0.25) is 5.91 Å². The first-order valence-electron chi connectivity index (χ1n) is 13.6. The molecule has 4 aromatic rings. The van der Waals surface area contributed by atoms with Gasteiger partial charge in [-0.05, 0) is 49.6 Å². The lowest BCUT2D eigenvalue weighted by atomic mass is 9.95. The maximum atomic E-state index is 11.7. The molecule has 0 spiro atoms. The highest BCUT2D eigenvalue weighted by atomic mass is 32.1. The van der Waals surface area contributed by atoms with E-state index in [1.165, 1.54) is 23.8 Å². The van der Waals surface area contributed by atoms with Crippen LogP contribution < -0.4 is 5.32 Å². The molecular formula is C30H34N6O2S. The van der Waals surface area contributed by atoms with Crippen molar-refractivity contribution < 1.29 is 9.90 Å². The molecule has 2 aliphatic rings. The van der Waals surface area contributed by atoms with Crippen LogP contribution in [0.4, 0.5) is 5.13 Å². The Balaban J connectivity index is 1.45. The molecule has 9 heteroatoms. The van der Waals surface area contributed by atoms with Crippen molar-refractivity contribution in [2.24, 2.45) is 0 Å². The van der Waals surface area contributed by atoms with Crippen LogP contribution in [0.3, 0.4) is 0 Å². The van der Waals surface area contributed by atoms with Gasteiger partial charge < -0.3 is 15.3 Å². The first kappa shape index (κ1) is 25.9. The van der Waals surface area contributed by atoms with Gasteiger partial charge in [-0.1, -0.05) is 54.7 Å². The number of carbonyl (C=O) groups is 1. The molecule has 0 saturated carbocycles. The minimum atomic E-state index is -0.623. The summed E-state index contributed by atoms with van der Waals surface area (Å²) in [5.74, 6) is -0.123. The molecule has 1 amide bonds. The summed E-state index contributed by atoms with van der Waals surface area (Å²) in [6.07, 6.45) is 1.82. The van der Waals surface area contributed by atoms with Crippen LogP contribution in [0.5, 0.6) is 0 Å². The molecule has 1 saturated heterocycles. The number of aryl methyl sites for hydroxylation is 2. The van der Waals surface area contributed by atoms with Crippen LogP contribution in [-0.2, 0) is 24.1 Å². The van der Waals surface area contributed by atoms with Crippen molar-refractivity contribution in [1.82, 2.24) is 24.6 Å². The van der Waals surface area contributed by atoms with Crippen molar-refractivity contribution in [3.05, 3.63) is 70.9 Å². The van der Waals surface area contributed by atoms with Crippen LogP contribution in [0.25, 0.3) is 27.5 Å². The topological polar surface area (TPSA) is 86.5 Å². The number of amides is 1. The second-order valence-corrected chi connectivity index (χ2v) is 11.4. The van der Waals surface area contributed by atoms with Gasteiger partial charge in [0.1, 0.15) is 6.23 Å². The van der Waals surface area contributed by atoms with Crippen molar-refractivity contribution in [3.63, 3.8) is 0 Å². The molecule has 3 heterocycles. The van der Waals surface area contributed by atoms with Gasteiger partial charge in [0.25, 0.3) is 0 Å². The number of carbonyl (C=O) groups excluding carboxylic acids is 1. The average Bonchev–Trinajstić information content (AvgIpc) is 3.54. The van der Waals surface area contributed by atoms with Gasteiger partial charge in [0.15, 0.2) is 5.13 Å². The van der Waals surface area contributed by atoms with Crippen LogP contribution in [0.15, 0.2) is 48.5 Å². The number of likely N-dealkylation sites (N-methyl/N-ethyl adjacent to an activating group) is 1. The largest absolute Gasteiger partial charge is 0.374 e. The molecule has 1 fully saturated rings. The normalized spacial score (nSPS) is 16.5. The fraction of sp³-hybridized carbons (Fsp3) is 0.367. The lowest BCUT2D eigenvalue weighted by Crippen LogP contribution is -2.46. The molecule has 1 atom stereocenters. The number of benzene rings is 2. The van der Waals surface area contributed by atoms with Gasteiger partial charge in [-0.15, -0.1) is 0 Å². The Morgan fingerprint density at radius 3 is 2.59 bits per heavy atom. The van der Waals surface area contributed by atoms with Gasteiger partial charge in [0.05, 0.1) is 27.6 Å². The number of thiazole rings is 1. The molecule has 2 N–H and O–H groups in total. The molecule has 1 unspecified atom stereocenters. The molecule has 2 aromatic heterocycles.